The first kappa shape index (κ1) is 13.9. The zero-order valence-corrected chi connectivity index (χ0v) is 11.7. The lowest BCUT2D eigenvalue weighted by molar-refractivity contribution is -0.122. The molecule has 0 spiro atoms. The van der Waals surface area contributed by atoms with Gasteiger partial charge in [0.2, 0.25) is 5.91 Å². The van der Waals surface area contributed by atoms with Gasteiger partial charge in [0.05, 0.1) is 0 Å². The Morgan fingerprint density at radius 3 is 2.50 bits per heavy atom. The Morgan fingerprint density at radius 2 is 1.89 bits per heavy atom. The van der Waals surface area contributed by atoms with Crippen LogP contribution in [0.1, 0.15) is 58.3 Å². The lowest BCUT2D eigenvalue weighted by Crippen LogP contribution is -2.34. The fourth-order valence-electron chi connectivity index (χ4n) is 3.42. The van der Waals surface area contributed by atoms with Crippen molar-refractivity contribution in [1.82, 2.24) is 5.32 Å². The van der Waals surface area contributed by atoms with E-state index in [-0.39, 0.29) is 11.9 Å². The Balaban J connectivity index is 1.62. The lowest BCUT2D eigenvalue weighted by Gasteiger charge is -2.26. The van der Waals surface area contributed by atoms with Gasteiger partial charge in [-0.15, -0.1) is 0 Å². The highest BCUT2D eigenvalue weighted by Gasteiger charge is 2.26. The third-order valence-corrected chi connectivity index (χ3v) is 4.89. The number of nitrogens with two attached hydrogens (primary N) is 1. The van der Waals surface area contributed by atoms with Gasteiger partial charge in [0.15, 0.2) is 0 Å². The highest BCUT2D eigenvalue weighted by molar-refractivity contribution is 5.76. The van der Waals surface area contributed by atoms with Gasteiger partial charge in [0, 0.05) is 19.0 Å². The molecule has 0 aromatic heterocycles. The summed E-state index contributed by atoms with van der Waals surface area (Å²) in [5.41, 5.74) is 6.00. The van der Waals surface area contributed by atoms with Gasteiger partial charge in [-0.25, -0.2) is 0 Å². The molecule has 2 aliphatic carbocycles. The maximum Gasteiger partial charge on any atom is 0.220 e. The highest BCUT2D eigenvalue weighted by atomic mass is 16.1. The normalized spacial score (nSPS) is 36.6. The number of nitrogens with one attached hydrogen (secondary N) is 1. The highest BCUT2D eigenvalue weighted by Crippen LogP contribution is 2.28. The zero-order chi connectivity index (χ0) is 13.0. The van der Waals surface area contributed by atoms with Crippen molar-refractivity contribution in [1.29, 1.82) is 0 Å². The molecule has 0 heterocycles. The van der Waals surface area contributed by atoms with Gasteiger partial charge in [0.25, 0.3) is 0 Å². The second-order valence-electron chi connectivity index (χ2n) is 6.49. The molecule has 3 nitrogen and oxygen atoms in total. The zero-order valence-electron chi connectivity index (χ0n) is 11.7. The fourth-order valence-corrected chi connectivity index (χ4v) is 3.42. The van der Waals surface area contributed by atoms with Gasteiger partial charge in [-0.05, 0) is 43.4 Å². The molecule has 0 radical (unpaired) electrons. The molecule has 0 aliphatic heterocycles. The van der Waals surface area contributed by atoms with Crippen LogP contribution in [0.4, 0.5) is 0 Å². The summed E-state index contributed by atoms with van der Waals surface area (Å²) in [5, 5.41) is 3.12. The van der Waals surface area contributed by atoms with Crippen LogP contribution in [0.3, 0.4) is 0 Å². The van der Waals surface area contributed by atoms with Gasteiger partial charge >= 0.3 is 0 Å². The molecule has 2 atom stereocenters. The summed E-state index contributed by atoms with van der Waals surface area (Å²) in [4.78, 5) is 11.9. The van der Waals surface area contributed by atoms with Crippen molar-refractivity contribution >= 4 is 5.91 Å². The van der Waals surface area contributed by atoms with E-state index in [1.165, 1.54) is 32.1 Å². The second kappa shape index (κ2) is 6.55. The number of amides is 1. The van der Waals surface area contributed by atoms with Crippen LogP contribution in [0.2, 0.25) is 0 Å². The summed E-state index contributed by atoms with van der Waals surface area (Å²) < 4.78 is 0. The molecule has 0 saturated heterocycles. The molecule has 2 saturated carbocycles. The number of carbonyl (C=O) groups excluding carboxylic acids is 1. The minimum atomic E-state index is 0.218. The first-order valence-electron chi connectivity index (χ1n) is 7.67. The minimum absolute atomic E-state index is 0.218. The molecule has 104 valence electrons. The summed E-state index contributed by atoms with van der Waals surface area (Å²) in [5.74, 6) is 2.24. The molecule has 2 fully saturated rings. The third-order valence-electron chi connectivity index (χ3n) is 4.89. The third kappa shape index (κ3) is 3.98. The largest absolute Gasteiger partial charge is 0.356 e. The molecule has 18 heavy (non-hydrogen) atoms. The van der Waals surface area contributed by atoms with E-state index < -0.39 is 0 Å². The predicted octanol–water partition coefficient (Wildman–Crippen LogP) is 2.45. The Hall–Kier alpha value is -0.570. The molecule has 2 rings (SSSR count). The number of hydrogen-bond acceptors (Lipinski definition) is 2. The Morgan fingerprint density at radius 1 is 1.17 bits per heavy atom. The van der Waals surface area contributed by atoms with Gasteiger partial charge in [0.1, 0.15) is 0 Å². The summed E-state index contributed by atoms with van der Waals surface area (Å²) in [6.45, 7) is 3.21. The maximum absolute atomic E-state index is 11.9. The first-order valence-corrected chi connectivity index (χ1v) is 7.67. The maximum atomic E-state index is 11.9. The van der Waals surface area contributed by atoms with Crippen molar-refractivity contribution in [2.45, 2.75) is 64.3 Å². The molecular formula is C15H28N2O. The quantitative estimate of drug-likeness (QED) is 0.807. The Labute approximate surface area is 111 Å². The number of carbonyl (C=O) groups is 1. The molecule has 0 unspecified atom stereocenters. The standard InChI is InChI=1S/C15H28N2O/c1-11-5-7-12(8-6-11)10-17-15(18)9-13-3-2-4-14(13)16/h11-14H,2-10,16H2,1H3,(H,17,18)/t11?,12?,13-,14+/m0/s1. The van der Waals surface area contributed by atoms with Gasteiger partial charge in [-0.1, -0.05) is 26.2 Å². The average molecular weight is 252 g/mol. The molecule has 0 aromatic carbocycles. The van der Waals surface area contributed by atoms with E-state index in [9.17, 15) is 4.79 Å². The summed E-state index contributed by atoms with van der Waals surface area (Å²) in [7, 11) is 0. The van der Waals surface area contributed by atoms with E-state index in [2.05, 4.69) is 12.2 Å². The summed E-state index contributed by atoms with van der Waals surface area (Å²) >= 11 is 0. The molecular weight excluding hydrogens is 224 g/mol. The lowest BCUT2D eigenvalue weighted by atomic mass is 9.83. The van der Waals surface area contributed by atoms with Crippen LogP contribution < -0.4 is 11.1 Å². The van der Waals surface area contributed by atoms with Crippen molar-refractivity contribution < 1.29 is 4.79 Å². The van der Waals surface area contributed by atoms with Crippen LogP contribution in [0.15, 0.2) is 0 Å². The number of rotatable bonds is 4. The van der Waals surface area contributed by atoms with E-state index in [1.807, 2.05) is 0 Å². The van der Waals surface area contributed by atoms with E-state index in [0.29, 0.717) is 18.3 Å². The Bertz CT molecular complexity index is 272. The van der Waals surface area contributed by atoms with Crippen LogP contribution in [-0.4, -0.2) is 18.5 Å². The smallest absolute Gasteiger partial charge is 0.220 e. The van der Waals surface area contributed by atoms with Crippen molar-refractivity contribution in [3.8, 4) is 0 Å². The fraction of sp³-hybridized carbons (Fsp3) is 0.933. The van der Waals surface area contributed by atoms with Crippen molar-refractivity contribution in [2.75, 3.05) is 6.54 Å². The molecule has 3 N–H and O–H groups in total. The van der Waals surface area contributed by atoms with E-state index >= 15 is 0 Å². The van der Waals surface area contributed by atoms with E-state index in [4.69, 9.17) is 5.73 Å². The summed E-state index contributed by atoms with van der Waals surface area (Å²) in [6.07, 6.45) is 9.29. The van der Waals surface area contributed by atoms with E-state index in [0.717, 1.165) is 25.3 Å². The van der Waals surface area contributed by atoms with Crippen LogP contribution in [0, 0.1) is 17.8 Å². The summed E-state index contributed by atoms with van der Waals surface area (Å²) in [6, 6.07) is 0.256. The molecule has 3 heteroatoms. The average Bonchev–Trinajstić information content (AvgIpc) is 2.74. The molecule has 2 aliphatic rings. The van der Waals surface area contributed by atoms with Crippen molar-refractivity contribution in [3.05, 3.63) is 0 Å². The Kier molecular flexibility index (Phi) is 5.04. The predicted molar refractivity (Wildman–Crippen MR) is 74.1 cm³/mol. The van der Waals surface area contributed by atoms with Crippen LogP contribution in [-0.2, 0) is 4.79 Å². The monoisotopic (exact) mass is 252 g/mol. The molecule has 0 aromatic rings. The van der Waals surface area contributed by atoms with Crippen LogP contribution in [0.5, 0.6) is 0 Å². The molecule has 0 bridgehead atoms. The molecule has 1 amide bonds. The van der Waals surface area contributed by atoms with Crippen LogP contribution >= 0.6 is 0 Å². The first-order chi connectivity index (χ1) is 8.65. The van der Waals surface area contributed by atoms with Gasteiger partial charge in [-0.3, -0.25) is 4.79 Å². The van der Waals surface area contributed by atoms with Gasteiger partial charge < -0.3 is 11.1 Å². The number of hydrogen-bond donors (Lipinski definition) is 2. The minimum Gasteiger partial charge on any atom is -0.356 e. The topological polar surface area (TPSA) is 55.1 Å². The van der Waals surface area contributed by atoms with Crippen molar-refractivity contribution in [2.24, 2.45) is 23.5 Å². The second-order valence-corrected chi connectivity index (χ2v) is 6.49. The van der Waals surface area contributed by atoms with E-state index in [1.54, 1.807) is 0 Å². The SMILES string of the molecule is CC1CCC(CNC(=O)C[C@@H]2CCC[C@H]2N)CC1. The van der Waals surface area contributed by atoms with Gasteiger partial charge in [-0.2, -0.15) is 0 Å². The van der Waals surface area contributed by atoms with Crippen LogP contribution in [0.25, 0.3) is 0 Å². The van der Waals surface area contributed by atoms with Crippen molar-refractivity contribution in [3.63, 3.8) is 0 Å².